The van der Waals surface area contributed by atoms with Gasteiger partial charge in [-0.05, 0) is 42.5 Å². The quantitative estimate of drug-likeness (QED) is 0.605. The minimum absolute atomic E-state index is 0.143. The number of carbonyl (C=O) groups is 3. The standard InChI is InChI=1S/C25H31N5O4/c1-25(2)15-22(31)30(23(32)16-25)20-7-8-21(27-18-20)34-24(33)29-13-11-28(12-14-29)10-4-6-19-5-3-9-26-17-19/h3,5,7-9,17-18H,4,6,10-16H2,1-2H3. The monoisotopic (exact) mass is 465 g/mol. The number of aromatic nitrogens is 2. The minimum atomic E-state index is -0.442. The Morgan fingerprint density at radius 3 is 2.38 bits per heavy atom. The molecule has 180 valence electrons. The van der Waals surface area contributed by atoms with Gasteiger partial charge in [-0.15, -0.1) is 0 Å². The molecule has 2 saturated heterocycles. The van der Waals surface area contributed by atoms with Gasteiger partial charge >= 0.3 is 6.09 Å². The van der Waals surface area contributed by atoms with Gasteiger partial charge in [-0.1, -0.05) is 19.9 Å². The molecule has 0 N–H and O–H groups in total. The van der Waals surface area contributed by atoms with Crippen molar-refractivity contribution >= 4 is 23.6 Å². The fourth-order valence-corrected chi connectivity index (χ4v) is 4.39. The molecule has 4 rings (SSSR count). The second-order valence-electron chi connectivity index (χ2n) is 9.66. The van der Waals surface area contributed by atoms with Gasteiger partial charge in [0.1, 0.15) is 0 Å². The second-order valence-corrected chi connectivity index (χ2v) is 9.66. The molecule has 0 bridgehead atoms. The van der Waals surface area contributed by atoms with Crippen LogP contribution in [0.25, 0.3) is 0 Å². The number of piperazine rings is 1. The van der Waals surface area contributed by atoms with Crippen LogP contribution < -0.4 is 9.64 Å². The van der Waals surface area contributed by atoms with Crippen molar-refractivity contribution in [3.63, 3.8) is 0 Å². The highest BCUT2D eigenvalue weighted by Gasteiger charge is 2.38. The average Bonchev–Trinajstić information content (AvgIpc) is 2.80. The fourth-order valence-electron chi connectivity index (χ4n) is 4.39. The summed E-state index contributed by atoms with van der Waals surface area (Å²) in [6, 6.07) is 7.14. The van der Waals surface area contributed by atoms with Crippen LogP contribution in [0.4, 0.5) is 10.5 Å². The predicted molar refractivity (Wildman–Crippen MR) is 126 cm³/mol. The summed E-state index contributed by atoms with van der Waals surface area (Å²) in [4.78, 5) is 50.9. The van der Waals surface area contributed by atoms with Gasteiger partial charge in [0.2, 0.25) is 17.7 Å². The Hall–Kier alpha value is -3.33. The first-order valence-corrected chi connectivity index (χ1v) is 11.7. The van der Waals surface area contributed by atoms with Crippen LogP contribution in [-0.4, -0.2) is 70.4 Å². The summed E-state index contributed by atoms with van der Waals surface area (Å²) in [7, 11) is 0. The molecule has 9 nitrogen and oxygen atoms in total. The van der Waals surface area contributed by atoms with E-state index in [2.05, 4.69) is 20.9 Å². The zero-order valence-electron chi connectivity index (χ0n) is 19.8. The van der Waals surface area contributed by atoms with E-state index in [0.29, 0.717) is 31.6 Å². The molecular weight excluding hydrogens is 434 g/mol. The van der Waals surface area contributed by atoms with Gasteiger partial charge in [-0.25, -0.2) is 14.7 Å². The largest absolute Gasteiger partial charge is 0.416 e. The summed E-state index contributed by atoms with van der Waals surface area (Å²) >= 11 is 0. The summed E-state index contributed by atoms with van der Waals surface area (Å²) in [6.07, 6.45) is 7.27. The molecular formula is C25H31N5O4. The fraction of sp³-hybridized carbons (Fsp3) is 0.480. The highest BCUT2D eigenvalue weighted by atomic mass is 16.6. The highest BCUT2D eigenvalue weighted by molar-refractivity contribution is 6.16. The van der Waals surface area contributed by atoms with Crippen LogP contribution in [-0.2, 0) is 16.0 Å². The van der Waals surface area contributed by atoms with Crippen molar-refractivity contribution in [2.24, 2.45) is 5.41 Å². The van der Waals surface area contributed by atoms with Crippen LogP contribution in [0.15, 0.2) is 42.9 Å². The molecule has 34 heavy (non-hydrogen) atoms. The number of hydrogen-bond acceptors (Lipinski definition) is 7. The van der Waals surface area contributed by atoms with E-state index in [1.807, 2.05) is 26.1 Å². The summed E-state index contributed by atoms with van der Waals surface area (Å²) in [6.45, 7) is 7.57. The minimum Gasteiger partial charge on any atom is -0.391 e. The molecule has 0 unspecified atom stereocenters. The Morgan fingerprint density at radius 2 is 1.76 bits per heavy atom. The van der Waals surface area contributed by atoms with Crippen molar-refractivity contribution in [1.29, 1.82) is 0 Å². The molecule has 0 radical (unpaired) electrons. The number of pyridine rings is 2. The van der Waals surface area contributed by atoms with E-state index < -0.39 is 6.09 Å². The van der Waals surface area contributed by atoms with Crippen LogP contribution in [0.5, 0.6) is 5.88 Å². The Kier molecular flexibility index (Phi) is 7.21. The normalized spacial score (nSPS) is 18.8. The maximum Gasteiger partial charge on any atom is 0.416 e. The third-order valence-corrected chi connectivity index (χ3v) is 6.22. The van der Waals surface area contributed by atoms with Gasteiger partial charge in [-0.3, -0.25) is 19.5 Å². The molecule has 2 aliphatic heterocycles. The van der Waals surface area contributed by atoms with Crippen LogP contribution in [0.3, 0.4) is 0 Å². The number of carbonyl (C=O) groups excluding carboxylic acids is 3. The Balaban J connectivity index is 1.23. The number of piperidine rings is 1. The van der Waals surface area contributed by atoms with Crippen LogP contribution in [0.2, 0.25) is 0 Å². The number of anilines is 1. The SMILES string of the molecule is CC1(C)CC(=O)N(c2ccc(OC(=O)N3CCN(CCCc4cccnc4)CC3)nc2)C(=O)C1. The summed E-state index contributed by atoms with van der Waals surface area (Å²) in [5.74, 6) is -0.345. The molecule has 9 heteroatoms. The number of hydrogen-bond donors (Lipinski definition) is 0. The van der Waals surface area contributed by atoms with Gasteiger partial charge in [0.05, 0.1) is 11.9 Å². The number of nitrogens with zero attached hydrogens (tertiary/aromatic N) is 5. The summed E-state index contributed by atoms with van der Waals surface area (Å²) in [5.41, 5.74) is 1.29. The number of aryl methyl sites for hydroxylation is 1. The van der Waals surface area contributed by atoms with Crippen molar-refractivity contribution in [1.82, 2.24) is 19.8 Å². The Morgan fingerprint density at radius 1 is 1.03 bits per heavy atom. The van der Waals surface area contributed by atoms with Gasteiger partial charge in [0, 0.05) is 57.5 Å². The van der Waals surface area contributed by atoms with E-state index >= 15 is 0 Å². The lowest BCUT2D eigenvalue weighted by Gasteiger charge is -2.34. The van der Waals surface area contributed by atoms with Crippen molar-refractivity contribution in [2.45, 2.75) is 39.5 Å². The van der Waals surface area contributed by atoms with Gasteiger partial charge < -0.3 is 9.64 Å². The molecule has 2 fully saturated rings. The molecule has 0 aliphatic carbocycles. The lowest BCUT2D eigenvalue weighted by molar-refractivity contribution is -0.132. The Labute approximate surface area is 199 Å². The lowest BCUT2D eigenvalue weighted by Crippen LogP contribution is -2.49. The van der Waals surface area contributed by atoms with E-state index in [1.165, 1.54) is 17.8 Å². The van der Waals surface area contributed by atoms with Crippen molar-refractivity contribution < 1.29 is 19.1 Å². The second kappa shape index (κ2) is 10.3. The molecule has 4 heterocycles. The number of ether oxygens (including phenoxy) is 1. The topological polar surface area (TPSA) is 95.9 Å². The van der Waals surface area contributed by atoms with Crippen LogP contribution in [0.1, 0.15) is 38.7 Å². The lowest BCUT2D eigenvalue weighted by atomic mass is 9.81. The van der Waals surface area contributed by atoms with Gasteiger partial charge in [-0.2, -0.15) is 0 Å². The first kappa shape index (κ1) is 23.8. The zero-order chi connectivity index (χ0) is 24.1. The molecule has 2 aromatic rings. The molecule has 3 amide bonds. The van der Waals surface area contributed by atoms with Gasteiger partial charge in [0.25, 0.3) is 0 Å². The molecule has 0 aromatic carbocycles. The van der Waals surface area contributed by atoms with E-state index in [0.717, 1.165) is 37.4 Å². The Bertz CT molecular complexity index is 997. The van der Waals surface area contributed by atoms with Crippen molar-refractivity contribution in [3.05, 3.63) is 48.4 Å². The van der Waals surface area contributed by atoms with E-state index in [-0.39, 0.29) is 23.1 Å². The van der Waals surface area contributed by atoms with E-state index in [9.17, 15) is 14.4 Å². The highest BCUT2D eigenvalue weighted by Crippen LogP contribution is 2.34. The molecule has 0 atom stereocenters. The summed E-state index contributed by atoms with van der Waals surface area (Å²) in [5, 5.41) is 0. The third kappa shape index (κ3) is 5.96. The third-order valence-electron chi connectivity index (χ3n) is 6.22. The van der Waals surface area contributed by atoms with Gasteiger partial charge in [0.15, 0.2) is 0 Å². The first-order chi connectivity index (χ1) is 16.3. The van der Waals surface area contributed by atoms with Crippen LogP contribution >= 0.6 is 0 Å². The zero-order valence-corrected chi connectivity index (χ0v) is 19.8. The maximum absolute atomic E-state index is 12.6. The number of amides is 3. The molecule has 0 saturated carbocycles. The van der Waals surface area contributed by atoms with Crippen LogP contribution in [0, 0.1) is 5.41 Å². The molecule has 2 aromatic heterocycles. The number of imide groups is 1. The van der Waals surface area contributed by atoms with Crippen molar-refractivity contribution in [3.8, 4) is 5.88 Å². The smallest absolute Gasteiger partial charge is 0.391 e. The predicted octanol–water partition coefficient (Wildman–Crippen LogP) is 2.91. The molecule has 0 spiro atoms. The van der Waals surface area contributed by atoms with E-state index in [1.54, 1.807) is 17.2 Å². The van der Waals surface area contributed by atoms with Crippen molar-refractivity contribution in [2.75, 3.05) is 37.6 Å². The average molecular weight is 466 g/mol. The summed E-state index contributed by atoms with van der Waals surface area (Å²) < 4.78 is 5.42. The number of rotatable bonds is 6. The van der Waals surface area contributed by atoms with E-state index in [4.69, 9.17) is 4.74 Å². The first-order valence-electron chi connectivity index (χ1n) is 11.7. The molecule has 2 aliphatic rings. The maximum atomic E-state index is 12.6.